The Bertz CT molecular complexity index is 1190. The van der Waals surface area contributed by atoms with Crippen molar-refractivity contribution in [3.63, 3.8) is 0 Å². The van der Waals surface area contributed by atoms with Crippen molar-refractivity contribution in [1.82, 2.24) is 19.6 Å². The minimum Gasteiger partial charge on any atom is -0.397 e. The maximum Gasteiger partial charge on any atom is 0.131 e. The molecule has 174 valence electrons. The highest BCUT2D eigenvalue weighted by atomic mass is 19.1. The van der Waals surface area contributed by atoms with E-state index in [0.717, 1.165) is 22.3 Å². The molecule has 0 radical (unpaired) electrons. The molecule has 1 heterocycles. The van der Waals surface area contributed by atoms with Gasteiger partial charge in [0, 0.05) is 42.0 Å². The van der Waals surface area contributed by atoms with Gasteiger partial charge in [-0.1, -0.05) is 56.1 Å². The molecule has 0 bridgehead atoms. The van der Waals surface area contributed by atoms with Crippen LogP contribution in [0.1, 0.15) is 30.7 Å². The lowest BCUT2D eigenvalue weighted by molar-refractivity contribution is 0.258. The smallest absolute Gasteiger partial charge is 0.131 e. The number of benzene rings is 2. The zero-order valence-corrected chi connectivity index (χ0v) is 20.1. The number of aryl methyl sites for hydroxylation is 1. The van der Waals surface area contributed by atoms with Gasteiger partial charge in [0.1, 0.15) is 11.5 Å². The number of para-hydroxylation sites is 1. The summed E-state index contributed by atoms with van der Waals surface area (Å²) >= 11 is 0. The number of aromatic nitrogens is 2. The van der Waals surface area contributed by atoms with E-state index in [-0.39, 0.29) is 11.9 Å². The predicted molar refractivity (Wildman–Crippen MR) is 136 cm³/mol. The summed E-state index contributed by atoms with van der Waals surface area (Å²) in [7, 11) is 1.94. The number of hydrogen-bond donors (Lipinski definition) is 1. The number of halogens is 1. The van der Waals surface area contributed by atoms with Crippen molar-refractivity contribution in [2.75, 3.05) is 13.6 Å². The number of likely N-dealkylation sites (N-methyl/N-ethyl adjacent to an activating group) is 1. The quantitative estimate of drug-likeness (QED) is 0.459. The zero-order chi connectivity index (χ0) is 24.3. The zero-order valence-electron chi connectivity index (χ0n) is 20.1. The van der Waals surface area contributed by atoms with Gasteiger partial charge in [-0.15, -0.1) is 0 Å². The standard InChI is InChI=1S/C27H34FN5/c1-18(2)32(15-20(4)31(7)17-23-12-10-11-19(3)26(23)28)21(5)16-33-25-14-9-8-13-24(25)27(30-33)22(6)29/h8-14,18H,4-6,15-17,29H2,1-3,7H3. The molecule has 0 atom stereocenters. The molecule has 0 fully saturated rings. The summed E-state index contributed by atoms with van der Waals surface area (Å²) in [5.74, 6) is -0.162. The molecule has 0 aliphatic carbocycles. The summed E-state index contributed by atoms with van der Waals surface area (Å²) < 4.78 is 16.4. The molecule has 5 nitrogen and oxygen atoms in total. The first-order valence-corrected chi connectivity index (χ1v) is 11.1. The number of nitrogens with two attached hydrogens (primary N) is 1. The summed E-state index contributed by atoms with van der Waals surface area (Å²) in [5, 5.41) is 5.66. The molecule has 0 spiro atoms. The molecule has 1 aromatic heterocycles. The normalized spacial score (nSPS) is 11.1. The van der Waals surface area contributed by atoms with Gasteiger partial charge in [0.05, 0.1) is 24.3 Å². The second-order valence-electron chi connectivity index (χ2n) is 8.81. The highest BCUT2D eigenvalue weighted by Gasteiger charge is 2.18. The van der Waals surface area contributed by atoms with Gasteiger partial charge in [-0.3, -0.25) is 4.68 Å². The van der Waals surface area contributed by atoms with Crippen LogP contribution in [0, 0.1) is 12.7 Å². The molecule has 6 heteroatoms. The number of rotatable bonds is 10. The van der Waals surface area contributed by atoms with Gasteiger partial charge in [-0.2, -0.15) is 5.10 Å². The third-order valence-electron chi connectivity index (χ3n) is 5.90. The lowest BCUT2D eigenvalue weighted by Crippen LogP contribution is -2.36. The third-order valence-corrected chi connectivity index (χ3v) is 5.90. The molecule has 3 rings (SSSR count). The topological polar surface area (TPSA) is 50.3 Å². The summed E-state index contributed by atoms with van der Waals surface area (Å²) in [4.78, 5) is 4.18. The Kier molecular flexibility index (Phi) is 7.26. The van der Waals surface area contributed by atoms with Crippen molar-refractivity contribution in [2.24, 2.45) is 5.73 Å². The van der Waals surface area contributed by atoms with Gasteiger partial charge >= 0.3 is 0 Å². The molecule has 0 aliphatic heterocycles. The van der Waals surface area contributed by atoms with Crippen LogP contribution in [-0.4, -0.2) is 39.2 Å². The number of fused-ring (bicyclic) bond motifs is 1. The summed E-state index contributed by atoms with van der Waals surface area (Å²) in [6, 6.07) is 13.6. The van der Waals surface area contributed by atoms with Gasteiger partial charge in [0.2, 0.25) is 0 Å². The Morgan fingerprint density at radius 3 is 2.45 bits per heavy atom. The fourth-order valence-corrected chi connectivity index (χ4v) is 3.92. The molecule has 2 N–H and O–H groups in total. The summed E-state index contributed by atoms with van der Waals surface area (Å²) in [6.45, 7) is 20.0. The monoisotopic (exact) mass is 447 g/mol. The van der Waals surface area contributed by atoms with Crippen LogP contribution in [0.4, 0.5) is 4.39 Å². The van der Waals surface area contributed by atoms with Crippen molar-refractivity contribution in [3.8, 4) is 0 Å². The third kappa shape index (κ3) is 5.28. The number of hydrogen-bond acceptors (Lipinski definition) is 4. The predicted octanol–water partition coefficient (Wildman–Crippen LogP) is 5.28. The van der Waals surface area contributed by atoms with Crippen molar-refractivity contribution >= 4 is 16.6 Å². The molecule has 0 amide bonds. The first kappa shape index (κ1) is 24.1. The molecule has 0 unspecified atom stereocenters. The van der Waals surface area contributed by atoms with Crippen LogP contribution >= 0.6 is 0 Å². The van der Waals surface area contributed by atoms with E-state index in [2.05, 4.69) is 43.6 Å². The van der Waals surface area contributed by atoms with Crippen LogP contribution in [0.3, 0.4) is 0 Å². The second kappa shape index (κ2) is 9.94. The first-order chi connectivity index (χ1) is 15.6. The summed E-state index contributed by atoms with van der Waals surface area (Å²) in [5.41, 5.74) is 11.2. The molecular weight excluding hydrogens is 413 g/mol. The number of nitrogens with zero attached hydrogens (tertiary/aromatic N) is 4. The molecule has 2 aromatic carbocycles. The Hall–Kier alpha value is -3.54. The van der Waals surface area contributed by atoms with Crippen LogP contribution in [-0.2, 0) is 13.1 Å². The van der Waals surface area contributed by atoms with Gasteiger partial charge in [0.25, 0.3) is 0 Å². The Balaban J connectivity index is 1.76. The van der Waals surface area contributed by atoms with E-state index in [1.54, 1.807) is 13.0 Å². The average molecular weight is 448 g/mol. The SMILES string of the molecule is C=C(N)c1nn(CC(=C)N(CC(=C)N(C)Cc2cccc(C)c2F)C(C)C)c2ccccc12. The largest absolute Gasteiger partial charge is 0.397 e. The highest BCUT2D eigenvalue weighted by Crippen LogP contribution is 2.24. The fourth-order valence-electron chi connectivity index (χ4n) is 3.92. The average Bonchev–Trinajstić information content (AvgIpc) is 3.13. The minimum absolute atomic E-state index is 0.162. The minimum atomic E-state index is -0.162. The molecular formula is C27H34FN5. The lowest BCUT2D eigenvalue weighted by atomic mass is 10.1. The Morgan fingerprint density at radius 1 is 1.09 bits per heavy atom. The summed E-state index contributed by atoms with van der Waals surface area (Å²) in [6.07, 6.45) is 0. The van der Waals surface area contributed by atoms with E-state index in [9.17, 15) is 4.39 Å². The highest BCUT2D eigenvalue weighted by molar-refractivity contribution is 5.89. The molecule has 3 aromatic rings. The van der Waals surface area contributed by atoms with Gasteiger partial charge in [0.15, 0.2) is 0 Å². The second-order valence-corrected chi connectivity index (χ2v) is 8.81. The fraction of sp³-hybridized carbons (Fsp3) is 0.296. The van der Waals surface area contributed by atoms with Crippen LogP contribution < -0.4 is 5.73 Å². The van der Waals surface area contributed by atoms with Crippen molar-refractivity contribution in [1.29, 1.82) is 0 Å². The molecule has 0 aliphatic rings. The Labute approximate surface area is 196 Å². The maximum atomic E-state index is 14.5. The van der Waals surface area contributed by atoms with E-state index in [4.69, 9.17) is 5.73 Å². The Morgan fingerprint density at radius 2 is 1.79 bits per heavy atom. The van der Waals surface area contributed by atoms with Gasteiger partial charge in [-0.05, 0) is 32.4 Å². The van der Waals surface area contributed by atoms with Crippen LogP contribution in [0.25, 0.3) is 16.6 Å². The molecule has 33 heavy (non-hydrogen) atoms. The van der Waals surface area contributed by atoms with Crippen LogP contribution in [0.15, 0.2) is 73.6 Å². The molecule has 0 saturated carbocycles. The first-order valence-electron chi connectivity index (χ1n) is 11.1. The number of allylic oxidation sites excluding steroid dienone is 1. The van der Waals surface area contributed by atoms with E-state index in [0.29, 0.717) is 42.2 Å². The van der Waals surface area contributed by atoms with Crippen molar-refractivity contribution in [2.45, 2.75) is 39.9 Å². The van der Waals surface area contributed by atoms with Crippen LogP contribution in [0.5, 0.6) is 0 Å². The lowest BCUT2D eigenvalue weighted by Gasteiger charge is -2.34. The van der Waals surface area contributed by atoms with E-state index in [1.165, 1.54) is 0 Å². The van der Waals surface area contributed by atoms with Gasteiger partial charge < -0.3 is 15.5 Å². The van der Waals surface area contributed by atoms with Crippen molar-refractivity contribution in [3.05, 3.63) is 96.2 Å². The van der Waals surface area contributed by atoms with E-state index < -0.39 is 0 Å². The van der Waals surface area contributed by atoms with E-state index >= 15 is 0 Å². The van der Waals surface area contributed by atoms with Gasteiger partial charge in [-0.25, -0.2) is 4.39 Å². The van der Waals surface area contributed by atoms with Crippen LogP contribution in [0.2, 0.25) is 0 Å². The molecule has 0 saturated heterocycles. The van der Waals surface area contributed by atoms with E-state index in [1.807, 2.05) is 53.0 Å². The van der Waals surface area contributed by atoms with Crippen molar-refractivity contribution < 1.29 is 4.39 Å². The maximum absolute atomic E-state index is 14.5.